The number of carbonyl (C=O) groups excluding carboxylic acids is 1. The lowest BCUT2D eigenvalue weighted by atomic mass is 10.1. The van der Waals surface area contributed by atoms with Crippen LogP contribution in [-0.2, 0) is 0 Å². The molecule has 2 aromatic rings. The molecule has 170 valence electrons. The number of nitro benzene ring substituents is 2. The van der Waals surface area contributed by atoms with Gasteiger partial charge in [-0.1, -0.05) is 46.9 Å². The van der Waals surface area contributed by atoms with Crippen LogP contribution in [0.5, 0.6) is 5.75 Å². The standard InChI is InChI=1S/C17H14Cl3N5O6S/c1-31-13-5-3-2-4-12(13)21-16(32)23-15(17(18,19)20)22-14(26)9-6-10(24(27)28)8-11(7-9)25(29)30/h2-8,15H,1H3,(H,22,26)(H2,21,23,32)/t15-/m1/s1. The minimum absolute atomic E-state index is 0.0591. The summed E-state index contributed by atoms with van der Waals surface area (Å²) in [6.45, 7) is 0. The third kappa shape index (κ3) is 6.79. The van der Waals surface area contributed by atoms with Gasteiger partial charge in [0.15, 0.2) is 5.11 Å². The Morgan fingerprint density at radius 3 is 2.12 bits per heavy atom. The van der Waals surface area contributed by atoms with E-state index in [1.54, 1.807) is 24.3 Å². The summed E-state index contributed by atoms with van der Waals surface area (Å²) >= 11 is 23.0. The summed E-state index contributed by atoms with van der Waals surface area (Å²) in [5.41, 5.74) is -1.22. The Morgan fingerprint density at radius 2 is 1.62 bits per heavy atom. The zero-order chi connectivity index (χ0) is 24.1. The lowest BCUT2D eigenvalue weighted by Crippen LogP contribution is -2.56. The number of hydrogen-bond acceptors (Lipinski definition) is 7. The number of para-hydroxylation sites is 2. The minimum atomic E-state index is -2.13. The van der Waals surface area contributed by atoms with Crippen molar-refractivity contribution in [2.24, 2.45) is 0 Å². The van der Waals surface area contributed by atoms with Gasteiger partial charge >= 0.3 is 0 Å². The number of carbonyl (C=O) groups is 1. The quantitative estimate of drug-likeness (QED) is 0.162. The average molecular weight is 523 g/mol. The molecule has 0 radical (unpaired) electrons. The fraction of sp³-hybridized carbons (Fsp3) is 0.176. The minimum Gasteiger partial charge on any atom is -0.495 e. The van der Waals surface area contributed by atoms with Crippen LogP contribution in [-0.4, -0.2) is 37.9 Å². The van der Waals surface area contributed by atoms with E-state index in [0.29, 0.717) is 17.5 Å². The van der Waals surface area contributed by atoms with Gasteiger partial charge in [0.05, 0.1) is 34.3 Å². The molecule has 3 N–H and O–H groups in total. The number of nitrogens with zero attached hydrogens (tertiary/aromatic N) is 2. The zero-order valence-electron chi connectivity index (χ0n) is 16.0. The third-order valence-electron chi connectivity index (χ3n) is 3.82. The Kier molecular flexibility index (Phi) is 8.38. The van der Waals surface area contributed by atoms with Crippen LogP contribution in [0.1, 0.15) is 10.4 Å². The van der Waals surface area contributed by atoms with Gasteiger partial charge in [-0.15, -0.1) is 0 Å². The molecule has 2 aromatic carbocycles. The van der Waals surface area contributed by atoms with Crippen molar-refractivity contribution in [3.63, 3.8) is 0 Å². The van der Waals surface area contributed by atoms with Crippen molar-refractivity contribution in [3.8, 4) is 5.75 Å². The largest absolute Gasteiger partial charge is 0.495 e. The highest BCUT2D eigenvalue weighted by Gasteiger charge is 2.35. The summed E-state index contributed by atoms with van der Waals surface area (Å²) < 4.78 is 3.06. The molecule has 1 atom stereocenters. The molecule has 0 unspecified atom stereocenters. The summed E-state index contributed by atoms with van der Waals surface area (Å²) in [5.74, 6) is -0.518. The number of amides is 1. The highest BCUT2D eigenvalue weighted by Crippen LogP contribution is 2.30. The Labute approximate surface area is 201 Å². The molecule has 1 amide bonds. The topological polar surface area (TPSA) is 149 Å². The maximum absolute atomic E-state index is 12.6. The van der Waals surface area contributed by atoms with Gasteiger partial charge in [-0.05, 0) is 24.4 Å². The maximum atomic E-state index is 12.6. The van der Waals surface area contributed by atoms with Crippen LogP contribution in [0.25, 0.3) is 0 Å². The number of methoxy groups -OCH3 is 1. The van der Waals surface area contributed by atoms with Crippen LogP contribution in [0.15, 0.2) is 42.5 Å². The lowest BCUT2D eigenvalue weighted by Gasteiger charge is -2.28. The number of hydrogen-bond donors (Lipinski definition) is 3. The van der Waals surface area contributed by atoms with E-state index in [1.807, 2.05) is 0 Å². The second-order valence-corrected chi connectivity index (χ2v) is 8.78. The van der Waals surface area contributed by atoms with E-state index in [2.05, 4.69) is 16.0 Å². The Hall–Kier alpha value is -2.93. The van der Waals surface area contributed by atoms with E-state index >= 15 is 0 Å². The molecule has 11 nitrogen and oxygen atoms in total. The number of ether oxygens (including phenoxy) is 1. The Balaban J connectivity index is 2.24. The molecule has 2 rings (SSSR count). The molecule has 0 aromatic heterocycles. The number of nitrogens with one attached hydrogen (secondary N) is 3. The number of halogens is 3. The Morgan fingerprint density at radius 1 is 1.06 bits per heavy atom. The van der Waals surface area contributed by atoms with Crippen LogP contribution in [0, 0.1) is 20.2 Å². The number of nitro groups is 2. The van der Waals surface area contributed by atoms with Crippen LogP contribution >= 0.6 is 47.0 Å². The second-order valence-electron chi connectivity index (χ2n) is 6.00. The number of rotatable bonds is 7. The van der Waals surface area contributed by atoms with E-state index in [1.165, 1.54) is 7.11 Å². The lowest BCUT2D eigenvalue weighted by molar-refractivity contribution is -0.394. The first-order valence-electron chi connectivity index (χ1n) is 8.44. The van der Waals surface area contributed by atoms with Crippen molar-refractivity contribution >= 4 is 75.1 Å². The van der Waals surface area contributed by atoms with Crippen LogP contribution < -0.4 is 20.7 Å². The van der Waals surface area contributed by atoms with E-state index in [0.717, 1.165) is 12.1 Å². The summed E-state index contributed by atoms with van der Waals surface area (Å²) in [6.07, 6.45) is -1.42. The Bertz CT molecular complexity index is 1030. The molecule has 0 saturated carbocycles. The molecule has 15 heteroatoms. The van der Waals surface area contributed by atoms with Gasteiger partial charge in [0.1, 0.15) is 11.9 Å². The molecule has 32 heavy (non-hydrogen) atoms. The molecule has 0 spiro atoms. The number of benzene rings is 2. The smallest absolute Gasteiger partial charge is 0.277 e. The fourth-order valence-electron chi connectivity index (χ4n) is 2.39. The summed E-state index contributed by atoms with van der Waals surface area (Å²) in [7, 11) is 1.46. The number of non-ortho nitro benzene ring substituents is 2. The van der Waals surface area contributed by atoms with Gasteiger partial charge < -0.3 is 20.7 Å². The van der Waals surface area contributed by atoms with Gasteiger partial charge in [-0.3, -0.25) is 25.0 Å². The first-order valence-corrected chi connectivity index (χ1v) is 9.98. The molecule has 0 aliphatic rings. The molecule has 0 bridgehead atoms. The van der Waals surface area contributed by atoms with Gasteiger partial charge in [0, 0.05) is 12.1 Å². The second kappa shape index (κ2) is 10.6. The first kappa shape index (κ1) is 25.3. The van der Waals surface area contributed by atoms with Crippen LogP contribution in [0.3, 0.4) is 0 Å². The van der Waals surface area contributed by atoms with Gasteiger partial charge in [-0.2, -0.15) is 0 Å². The van der Waals surface area contributed by atoms with Gasteiger partial charge in [0.2, 0.25) is 3.79 Å². The van der Waals surface area contributed by atoms with Crippen molar-refractivity contribution in [2.45, 2.75) is 9.96 Å². The number of anilines is 1. The highest BCUT2D eigenvalue weighted by molar-refractivity contribution is 7.80. The van der Waals surface area contributed by atoms with Crippen molar-refractivity contribution in [1.29, 1.82) is 0 Å². The SMILES string of the molecule is COc1ccccc1NC(=S)N[C@@H](NC(=O)c1cc([N+](=O)[O-])cc([N+](=O)[O-])c1)C(Cl)(Cl)Cl. The van der Waals surface area contributed by atoms with Crippen LogP contribution in [0.2, 0.25) is 0 Å². The van der Waals surface area contributed by atoms with Crippen molar-refractivity contribution in [2.75, 3.05) is 12.4 Å². The predicted octanol–water partition coefficient (Wildman–Crippen LogP) is 3.92. The predicted molar refractivity (Wildman–Crippen MR) is 124 cm³/mol. The fourth-order valence-corrected chi connectivity index (χ4v) is 2.94. The van der Waals surface area contributed by atoms with Crippen molar-refractivity contribution in [3.05, 3.63) is 68.3 Å². The molecular weight excluding hydrogens is 509 g/mol. The number of alkyl halides is 3. The molecule has 0 aliphatic heterocycles. The molecular formula is C17H14Cl3N5O6S. The molecule has 0 fully saturated rings. The monoisotopic (exact) mass is 521 g/mol. The summed E-state index contributed by atoms with van der Waals surface area (Å²) in [5, 5.41) is 29.7. The average Bonchev–Trinajstić information content (AvgIpc) is 2.72. The number of thiocarbonyl (C=S) groups is 1. The summed E-state index contributed by atoms with van der Waals surface area (Å²) in [6, 6.07) is 9.21. The molecule has 0 aliphatic carbocycles. The zero-order valence-corrected chi connectivity index (χ0v) is 19.1. The van der Waals surface area contributed by atoms with Gasteiger partial charge in [-0.25, -0.2) is 0 Å². The normalized spacial score (nSPS) is 11.8. The van der Waals surface area contributed by atoms with Gasteiger partial charge in [0.25, 0.3) is 17.3 Å². The summed E-state index contributed by atoms with van der Waals surface area (Å²) in [4.78, 5) is 33.0. The van der Waals surface area contributed by atoms with E-state index in [4.69, 9.17) is 51.8 Å². The van der Waals surface area contributed by atoms with E-state index in [-0.39, 0.29) is 5.11 Å². The van der Waals surface area contributed by atoms with Crippen molar-refractivity contribution < 1.29 is 19.4 Å². The molecule has 0 saturated heterocycles. The molecule has 0 heterocycles. The van der Waals surface area contributed by atoms with E-state index in [9.17, 15) is 25.0 Å². The maximum Gasteiger partial charge on any atom is 0.277 e. The van der Waals surface area contributed by atoms with Crippen molar-refractivity contribution in [1.82, 2.24) is 10.6 Å². The van der Waals surface area contributed by atoms with Crippen LogP contribution in [0.4, 0.5) is 17.1 Å². The third-order valence-corrected chi connectivity index (χ3v) is 4.69. The highest BCUT2D eigenvalue weighted by atomic mass is 35.6. The first-order chi connectivity index (χ1) is 14.9. The van der Waals surface area contributed by atoms with E-state index < -0.39 is 42.7 Å².